The van der Waals surface area contributed by atoms with Crippen LogP contribution in [0.1, 0.15) is 39.9 Å². The van der Waals surface area contributed by atoms with Gasteiger partial charge in [-0.1, -0.05) is 40.2 Å². The predicted octanol–water partition coefficient (Wildman–Crippen LogP) is 4.79. The molecule has 0 aromatic heterocycles. The van der Waals surface area contributed by atoms with Crippen LogP contribution in [0.5, 0.6) is 11.5 Å². The fourth-order valence-electron chi connectivity index (χ4n) is 4.38. The summed E-state index contributed by atoms with van der Waals surface area (Å²) in [4.78, 5) is 12.3. The summed E-state index contributed by atoms with van der Waals surface area (Å²) in [5.41, 5.74) is 3.66. The van der Waals surface area contributed by atoms with Crippen molar-refractivity contribution in [1.82, 2.24) is 0 Å². The van der Waals surface area contributed by atoms with Gasteiger partial charge < -0.3 is 19.5 Å². The highest BCUT2D eigenvalue weighted by Crippen LogP contribution is 2.53. The highest BCUT2D eigenvalue weighted by atomic mass is 79.9. The molecule has 3 unspecified atom stereocenters. The topological polar surface area (TPSA) is 56.8 Å². The summed E-state index contributed by atoms with van der Waals surface area (Å²) >= 11 is 3.70. The van der Waals surface area contributed by atoms with Gasteiger partial charge in [-0.3, -0.25) is 0 Å². The Hall–Kier alpha value is -2.47. The first-order valence-corrected chi connectivity index (χ1v) is 9.70. The number of fused-ring (bicyclic) bond motifs is 4. The summed E-state index contributed by atoms with van der Waals surface area (Å²) in [6.07, 6.45) is 5.45. The molecule has 3 aliphatic rings. The number of rotatable bonds is 2. The van der Waals surface area contributed by atoms with E-state index in [9.17, 15) is 4.79 Å². The van der Waals surface area contributed by atoms with Crippen molar-refractivity contribution in [2.24, 2.45) is 5.92 Å². The van der Waals surface area contributed by atoms with Gasteiger partial charge in [0.25, 0.3) is 0 Å². The number of esters is 1. The number of anilines is 1. The van der Waals surface area contributed by atoms with Gasteiger partial charge in [-0.15, -0.1) is 0 Å². The average Bonchev–Trinajstić information content (AvgIpc) is 3.34. The molecule has 2 heterocycles. The van der Waals surface area contributed by atoms with Crippen LogP contribution in [0.3, 0.4) is 0 Å². The molecule has 1 N–H and O–H groups in total. The van der Waals surface area contributed by atoms with Crippen molar-refractivity contribution in [2.45, 2.75) is 18.4 Å². The van der Waals surface area contributed by atoms with E-state index in [4.69, 9.17) is 14.2 Å². The molecule has 0 saturated carbocycles. The SMILES string of the molecule is COC(=O)c1cccc2c1NC(c1cc3c(cc1Br)OCO3)C1CC=CC21. The molecule has 1 aliphatic carbocycles. The lowest BCUT2D eigenvalue weighted by atomic mass is 9.76. The van der Waals surface area contributed by atoms with Crippen LogP contribution in [0.2, 0.25) is 0 Å². The Kier molecular flexibility index (Phi) is 3.90. The zero-order valence-electron chi connectivity index (χ0n) is 14.7. The minimum absolute atomic E-state index is 0.0344. The maximum absolute atomic E-state index is 12.3. The molecule has 0 saturated heterocycles. The van der Waals surface area contributed by atoms with E-state index in [1.54, 1.807) is 0 Å². The van der Waals surface area contributed by atoms with Crippen LogP contribution in [0.4, 0.5) is 5.69 Å². The summed E-state index contributed by atoms with van der Waals surface area (Å²) in [6, 6.07) is 9.85. The third kappa shape index (κ3) is 2.54. The summed E-state index contributed by atoms with van der Waals surface area (Å²) in [5.74, 6) is 1.79. The van der Waals surface area contributed by atoms with E-state index >= 15 is 0 Å². The first kappa shape index (κ1) is 16.7. The summed E-state index contributed by atoms with van der Waals surface area (Å²) in [7, 11) is 1.41. The van der Waals surface area contributed by atoms with Crippen LogP contribution in [0.25, 0.3) is 0 Å². The fraction of sp³-hybridized carbons (Fsp3) is 0.286. The second kappa shape index (κ2) is 6.30. The van der Waals surface area contributed by atoms with Crippen LogP contribution in [-0.4, -0.2) is 19.9 Å². The van der Waals surface area contributed by atoms with Crippen LogP contribution in [0, 0.1) is 5.92 Å². The lowest BCUT2D eigenvalue weighted by molar-refractivity contribution is 0.0601. The number of allylic oxidation sites excluding steroid dienone is 2. The van der Waals surface area contributed by atoms with Gasteiger partial charge in [0.1, 0.15) is 0 Å². The van der Waals surface area contributed by atoms with E-state index in [2.05, 4.69) is 39.5 Å². The second-order valence-corrected chi connectivity index (χ2v) is 7.82. The van der Waals surface area contributed by atoms with Crippen molar-refractivity contribution in [3.05, 3.63) is 63.6 Å². The van der Waals surface area contributed by atoms with Crippen LogP contribution >= 0.6 is 15.9 Å². The third-order valence-corrected chi connectivity index (χ3v) is 6.32. The van der Waals surface area contributed by atoms with Gasteiger partial charge in [-0.2, -0.15) is 0 Å². The zero-order valence-corrected chi connectivity index (χ0v) is 16.3. The number of nitrogens with one attached hydrogen (secondary N) is 1. The number of benzene rings is 2. The highest BCUT2D eigenvalue weighted by Gasteiger charge is 2.40. The lowest BCUT2D eigenvalue weighted by Crippen LogP contribution is -2.30. The molecule has 0 fully saturated rings. The normalized spacial score (nSPS) is 24.1. The smallest absolute Gasteiger partial charge is 0.339 e. The van der Waals surface area contributed by atoms with Gasteiger partial charge in [-0.25, -0.2) is 4.79 Å². The Morgan fingerprint density at radius 1 is 1.22 bits per heavy atom. The number of ether oxygens (including phenoxy) is 3. The minimum atomic E-state index is -0.330. The van der Waals surface area contributed by atoms with E-state index in [1.807, 2.05) is 24.3 Å². The van der Waals surface area contributed by atoms with Crippen LogP contribution < -0.4 is 14.8 Å². The zero-order chi connectivity index (χ0) is 18.5. The number of hydrogen-bond donors (Lipinski definition) is 1. The van der Waals surface area contributed by atoms with Gasteiger partial charge in [0, 0.05) is 10.4 Å². The largest absolute Gasteiger partial charge is 0.465 e. The molecule has 2 aliphatic heterocycles. The predicted molar refractivity (Wildman–Crippen MR) is 104 cm³/mol. The molecular weight excluding hydrogens is 410 g/mol. The van der Waals surface area contributed by atoms with Crippen LogP contribution in [-0.2, 0) is 4.74 Å². The Bertz CT molecular complexity index is 971. The molecule has 0 radical (unpaired) electrons. The van der Waals surface area contributed by atoms with Crippen molar-refractivity contribution in [3.8, 4) is 11.5 Å². The summed E-state index contributed by atoms with van der Waals surface area (Å²) in [6.45, 7) is 0.242. The van der Waals surface area contributed by atoms with E-state index in [1.165, 1.54) is 7.11 Å². The maximum atomic E-state index is 12.3. The Morgan fingerprint density at radius 3 is 2.85 bits per heavy atom. The first-order valence-electron chi connectivity index (χ1n) is 8.91. The quantitative estimate of drug-likeness (QED) is 0.551. The number of halogens is 1. The Labute approximate surface area is 165 Å². The summed E-state index contributed by atoms with van der Waals surface area (Å²) < 4.78 is 17.0. The highest BCUT2D eigenvalue weighted by molar-refractivity contribution is 9.10. The molecule has 0 bridgehead atoms. The second-order valence-electron chi connectivity index (χ2n) is 6.96. The van der Waals surface area contributed by atoms with E-state index in [-0.39, 0.29) is 24.7 Å². The summed E-state index contributed by atoms with van der Waals surface area (Å²) in [5, 5.41) is 3.63. The maximum Gasteiger partial charge on any atom is 0.339 e. The van der Waals surface area contributed by atoms with Gasteiger partial charge in [-0.05, 0) is 41.7 Å². The molecule has 3 atom stereocenters. The minimum Gasteiger partial charge on any atom is -0.465 e. The molecule has 2 aromatic rings. The van der Waals surface area contributed by atoms with Gasteiger partial charge in [0.05, 0.1) is 24.4 Å². The van der Waals surface area contributed by atoms with Gasteiger partial charge in [0.2, 0.25) is 6.79 Å². The standard InChI is InChI=1S/C21H18BrNO4/c1-25-21(24)14-7-3-6-12-11-4-2-5-13(11)20(23-19(12)14)15-8-17-18(9-16(15)22)27-10-26-17/h2-4,6-9,11,13,20,23H,5,10H2,1H3. The van der Waals surface area contributed by atoms with Crippen molar-refractivity contribution < 1.29 is 19.0 Å². The number of hydrogen-bond acceptors (Lipinski definition) is 5. The molecule has 6 heteroatoms. The molecule has 0 amide bonds. The molecule has 5 nitrogen and oxygen atoms in total. The van der Waals surface area contributed by atoms with Crippen molar-refractivity contribution in [3.63, 3.8) is 0 Å². The van der Waals surface area contributed by atoms with E-state index in [0.717, 1.165) is 39.2 Å². The number of methoxy groups -OCH3 is 1. The lowest BCUT2D eigenvalue weighted by Gasteiger charge is -2.38. The van der Waals surface area contributed by atoms with E-state index in [0.29, 0.717) is 11.5 Å². The van der Waals surface area contributed by atoms with Gasteiger partial charge in [0.15, 0.2) is 11.5 Å². The van der Waals surface area contributed by atoms with Crippen LogP contribution in [0.15, 0.2) is 47.0 Å². The fourth-order valence-corrected chi connectivity index (χ4v) is 4.95. The molecule has 0 spiro atoms. The molecule has 2 aromatic carbocycles. The molecule has 138 valence electrons. The number of carbonyl (C=O) groups is 1. The molecule has 5 rings (SSSR count). The number of carbonyl (C=O) groups excluding carboxylic acids is 1. The monoisotopic (exact) mass is 427 g/mol. The average molecular weight is 428 g/mol. The van der Waals surface area contributed by atoms with E-state index < -0.39 is 0 Å². The Morgan fingerprint density at radius 2 is 2.04 bits per heavy atom. The van der Waals surface area contributed by atoms with Crippen molar-refractivity contribution >= 4 is 27.6 Å². The van der Waals surface area contributed by atoms with Crippen molar-refractivity contribution in [1.29, 1.82) is 0 Å². The molecule has 27 heavy (non-hydrogen) atoms. The molecular formula is C21H18BrNO4. The van der Waals surface area contributed by atoms with Gasteiger partial charge >= 0.3 is 5.97 Å². The first-order chi connectivity index (χ1) is 13.2. The number of para-hydroxylation sites is 1. The Balaban J connectivity index is 1.64. The van der Waals surface area contributed by atoms with Crippen molar-refractivity contribution in [2.75, 3.05) is 19.2 Å². The third-order valence-electron chi connectivity index (χ3n) is 5.63.